The number of alkyl halides is 2. The maximum atomic E-state index is 15.3. The van der Waals surface area contributed by atoms with E-state index in [1.165, 1.54) is 11.0 Å². The minimum Gasteiger partial charge on any atom is -0.452 e. The van der Waals surface area contributed by atoms with E-state index in [0.29, 0.717) is 45.9 Å². The molecule has 5 aromatic rings. The Labute approximate surface area is 224 Å². The average molecular weight is 550 g/mol. The number of aryl methyl sites for hydroxylation is 1. The number of hydrogen-bond acceptors (Lipinski definition) is 7. The van der Waals surface area contributed by atoms with Crippen molar-refractivity contribution in [3.63, 3.8) is 0 Å². The van der Waals surface area contributed by atoms with Crippen molar-refractivity contribution < 1.29 is 27.4 Å². The van der Waals surface area contributed by atoms with Crippen LogP contribution in [0, 0.1) is 18.7 Å². The first-order valence-electron chi connectivity index (χ1n) is 12.7. The van der Waals surface area contributed by atoms with Crippen molar-refractivity contribution >= 4 is 33.8 Å². The molecule has 0 bridgehead atoms. The lowest BCUT2D eigenvalue weighted by atomic mass is 9.81. The number of rotatable bonds is 6. The lowest BCUT2D eigenvalue weighted by Gasteiger charge is -2.34. The van der Waals surface area contributed by atoms with Gasteiger partial charge in [0.1, 0.15) is 29.2 Å². The second kappa shape index (κ2) is 8.93. The molecule has 2 aliphatic rings. The quantitative estimate of drug-likeness (QED) is 0.293. The smallest absolute Gasteiger partial charge is 0.414 e. The number of H-pyrrole nitrogens is 1. The van der Waals surface area contributed by atoms with Crippen LogP contribution in [-0.4, -0.2) is 54.9 Å². The van der Waals surface area contributed by atoms with E-state index in [9.17, 15) is 13.6 Å². The Morgan fingerprint density at radius 3 is 2.70 bits per heavy atom. The van der Waals surface area contributed by atoms with Gasteiger partial charge in [0.15, 0.2) is 17.3 Å². The predicted octanol–water partition coefficient (Wildman–Crippen LogP) is 5.61. The maximum Gasteiger partial charge on any atom is 0.414 e. The van der Waals surface area contributed by atoms with Gasteiger partial charge in [-0.25, -0.2) is 27.9 Å². The van der Waals surface area contributed by atoms with E-state index in [2.05, 4.69) is 20.1 Å². The first kappa shape index (κ1) is 24.4. The monoisotopic (exact) mass is 549 g/mol. The number of imidazole rings is 1. The van der Waals surface area contributed by atoms with Crippen LogP contribution in [0.15, 0.2) is 42.9 Å². The van der Waals surface area contributed by atoms with Crippen molar-refractivity contribution in [1.29, 1.82) is 0 Å². The number of anilines is 1. The second-order valence-corrected chi connectivity index (χ2v) is 10.1. The number of halogens is 3. The summed E-state index contributed by atoms with van der Waals surface area (Å²) in [5.41, 5.74) is 2.89. The fourth-order valence-corrected chi connectivity index (χ4v) is 5.24. The highest BCUT2D eigenvalue weighted by Gasteiger charge is 2.45. The number of nitrogens with zero attached hydrogens (tertiary/aromatic N) is 6. The molecule has 2 aromatic carbocycles. The van der Waals surface area contributed by atoms with E-state index >= 15 is 4.39 Å². The van der Waals surface area contributed by atoms with Gasteiger partial charge in [0.2, 0.25) is 5.92 Å². The average Bonchev–Trinajstić information content (AvgIpc) is 3.64. The molecule has 1 aliphatic carbocycles. The minimum atomic E-state index is -2.59. The summed E-state index contributed by atoms with van der Waals surface area (Å²) in [5, 5.41) is 4.31. The Balaban J connectivity index is 1.28. The number of aromatic nitrogens is 6. The van der Waals surface area contributed by atoms with Gasteiger partial charge < -0.3 is 14.5 Å². The number of carbonyl (C=O) groups excluding carboxylic acids is 1. The lowest BCUT2D eigenvalue weighted by Crippen LogP contribution is -2.37. The van der Waals surface area contributed by atoms with E-state index in [-0.39, 0.29) is 48.9 Å². The topological polar surface area (TPSA) is 111 Å². The van der Waals surface area contributed by atoms with Gasteiger partial charge in [0.25, 0.3) is 0 Å². The molecule has 2 fully saturated rings. The van der Waals surface area contributed by atoms with E-state index in [4.69, 9.17) is 14.5 Å². The highest BCUT2D eigenvalue weighted by molar-refractivity contribution is 6.02. The Kier molecular flexibility index (Phi) is 5.44. The predicted molar refractivity (Wildman–Crippen MR) is 138 cm³/mol. The van der Waals surface area contributed by atoms with Crippen molar-refractivity contribution in [2.24, 2.45) is 5.92 Å². The molecular weight excluding hydrogens is 527 g/mol. The standard InChI is InChI=1S/C27H22F3N7O3/c1-14-33-18-3-4-20(22(28)23(18)34-14)40-21-5-2-17-24(25(21)37-6-7-39-26(37)38)35-19(11-31-17)16-10-32-36(13-16)12-15-8-27(29,30)9-15/h2-5,10-11,13,15H,6-9,12H2,1H3,(H,33,34). The molecule has 10 nitrogen and oxygen atoms in total. The summed E-state index contributed by atoms with van der Waals surface area (Å²) in [6.07, 6.45) is 4.01. The molecule has 1 saturated heterocycles. The van der Waals surface area contributed by atoms with Gasteiger partial charge in [-0.1, -0.05) is 0 Å². The normalized spacial score (nSPS) is 17.0. The first-order chi connectivity index (χ1) is 19.2. The van der Waals surface area contributed by atoms with Gasteiger partial charge in [-0.05, 0) is 37.1 Å². The molecule has 0 unspecified atom stereocenters. The van der Waals surface area contributed by atoms with Crippen LogP contribution in [0.3, 0.4) is 0 Å². The molecule has 1 amide bonds. The zero-order chi connectivity index (χ0) is 27.6. The van der Waals surface area contributed by atoms with Crippen LogP contribution in [0.1, 0.15) is 18.7 Å². The number of hydrogen-bond donors (Lipinski definition) is 1. The molecule has 4 heterocycles. The summed E-state index contributed by atoms with van der Waals surface area (Å²) in [7, 11) is 0. The number of amides is 1. The van der Waals surface area contributed by atoms with Crippen molar-refractivity contribution in [1.82, 2.24) is 29.7 Å². The lowest BCUT2D eigenvalue weighted by molar-refractivity contribution is -0.114. The van der Waals surface area contributed by atoms with Crippen LogP contribution in [0.25, 0.3) is 33.3 Å². The van der Waals surface area contributed by atoms with Crippen molar-refractivity contribution in [3.8, 4) is 22.8 Å². The van der Waals surface area contributed by atoms with Crippen LogP contribution in [0.2, 0.25) is 0 Å². The van der Waals surface area contributed by atoms with Gasteiger partial charge >= 0.3 is 6.09 Å². The SMILES string of the molecule is Cc1nc2ccc(Oc3ccc4ncc(-c5cnn(CC6CC(F)(F)C6)c5)nc4c3N3CCOC3=O)c(F)c2[nH]1. The first-order valence-corrected chi connectivity index (χ1v) is 12.7. The number of fused-ring (bicyclic) bond motifs is 2. The van der Waals surface area contributed by atoms with E-state index < -0.39 is 17.8 Å². The van der Waals surface area contributed by atoms with Crippen LogP contribution < -0.4 is 9.64 Å². The van der Waals surface area contributed by atoms with Crippen LogP contribution in [0.4, 0.5) is 23.7 Å². The van der Waals surface area contributed by atoms with E-state index in [0.717, 1.165) is 0 Å². The Hall–Kier alpha value is -4.68. The molecule has 13 heteroatoms. The molecule has 0 radical (unpaired) electrons. The van der Waals surface area contributed by atoms with Crippen molar-refractivity contribution in [2.45, 2.75) is 32.2 Å². The minimum absolute atomic E-state index is 0.0590. The third-order valence-electron chi connectivity index (χ3n) is 7.13. The fraction of sp³-hybridized carbons (Fsp3) is 0.296. The highest BCUT2D eigenvalue weighted by Crippen LogP contribution is 2.43. The van der Waals surface area contributed by atoms with Crippen molar-refractivity contribution in [2.75, 3.05) is 18.1 Å². The van der Waals surface area contributed by atoms with Crippen LogP contribution >= 0.6 is 0 Å². The summed E-state index contributed by atoms with van der Waals surface area (Å²) in [5.74, 6) is -2.66. The molecule has 204 valence electrons. The van der Waals surface area contributed by atoms with E-state index in [1.54, 1.807) is 48.4 Å². The number of carbonyl (C=O) groups is 1. The van der Waals surface area contributed by atoms with Gasteiger partial charge in [0.05, 0.1) is 35.7 Å². The number of benzene rings is 2. The van der Waals surface area contributed by atoms with Crippen LogP contribution in [-0.2, 0) is 11.3 Å². The summed E-state index contributed by atoms with van der Waals surface area (Å²) in [6, 6.07) is 6.39. The fourth-order valence-electron chi connectivity index (χ4n) is 5.24. The van der Waals surface area contributed by atoms with Gasteiger partial charge in [0, 0.05) is 31.1 Å². The number of aromatic amines is 1. The zero-order valence-corrected chi connectivity index (χ0v) is 21.2. The largest absolute Gasteiger partial charge is 0.452 e. The summed E-state index contributed by atoms with van der Waals surface area (Å²) >= 11 is 0. The van der Waals surface area contributed by atoms with Gasteiger partial charge in [-0.15, -0.1) is 0 Å². The molecule has 0 atom stereocenters. The third kappa shape index (κ3) is 4.17. The van der Waals surface area contributed by atoms with E-state index in [1.807, 2.05) is 0 Å². The Bertz CT molecular complexity index is 1790. The summed E-state index contributed by atoms with van der Waals surface area (Å²) in [6.45, 7) is 2.52. The number of cyclic esters (lactones) is 1. The van der Waals surface area contributed by atoms with Gasteiger partial charge in [-0.3, -0.25) is 14.6 Å². The molecule has 3 aromatic heterocycles. The number of nitrogens with one attached hydrogen (secondary N) is 1. The van der Waals surface area contributed by atoms with Gasteiger partial charge in [-0.2, -0.15) is 5.10 Å². The van der Waals surface area contributed by atoms with Crippen LogP contribution in [0.5, 0.6) is 11.5 Å². The molecule has 40 heavy (non-hydrogen) atoms. The number of ether oxygens (including phenoxy) is 2. The third-order valence-corrected chi connectivity index (χ3v) is 7.13. The Morgan fingerprint density at radius 2 is 1.93 bits per heavy atom. The van der Waals surface area contributed by atoms with Crippen molar-refractivity contribution in [3.05, 3.63) is 54.5 Å². The molecule has 1 saturated carbocycles. The molecular formula is C27H22F3N7O3. The molecule has 1 aliphatic heterocycles. The second-order valence-electron chi connectivity index (χ2n) is 10.1. The maximum absolute atomic E-state index is 15.3. The molecule has 7 rings (SSSR count). The summed E-state index contributed by atoms with van der Waals surface area (Å²) < 4.78 is 54.7. The highest BCUT2D eigenvalue weighted by atomic mass is 19.3. The summed E-state index contributed by atoms with van der Waals surface area (Å²) in [4.78, 5) is 30.5. The molecule has 1 N–H and O–H groups in total. The zero-order valence-electron chi connectivity index (χ0n) is 21.2. The molecule has 0 spiro atoms. The Morgan fingerprint density at radius 1 is 1.12 bits per heavy atom.